The van der Waals surface area contributed by atoms with E-state index in [-0.39, 0.29) is 5.56 Å². The van der Waals surface area contributed by atoms with Crippen LogP contribution in [0, 0.1) is 6.92 Å². The van der Waals surface area contributed by atoms with E-state index in [1.807, 2.05) is 24.3 Å². The summed E-state index contributed by atoms with van der Waals surface area (Å²) >= 11 is 0. The Morgan fingerprint density at radius 2 is 2.05 bits per heavy atom. The van der Waals surface area contributed by atoms with E-state index in [0.29, 0.717) is 17.4 Å². The van der Waals surface area contributed by atoms with Gasteiger partial charge in [-0.2, -0.15) is 0 Å². The Kier molecular flexibility index (Phi) is 3.84. The number of rotatable bonds is 4. The smallest absolute Gasteiger partial charge is 0.339 e. The van der Waals surface area contributed by atoms with Crippen molar-refractivity contribution in [1.82, 2.24) is 9.97 Å². The molecular weight excluding hydrogens is 258 g/mol. The van der Waals surface area contributed by atoms with Gasteiger partial charge < -0.3 is 14.7 Å². The first-order valence-corrected chi connectivity index (χ1v) is 5.98. The Morgan fingerprint density at radius 3 is 2.65 bits per heavy atom. The summed E-state index contributed by atoms with van der Waals surface area (Å²) in [5.74, 6) is 0.0737. The fourth-order valence-corrected chi connectivity index (χ4v) is 1.84. The molecule has 2 rings (SSSR count). The molecule has 2 aromatic rings. The molecule has 0 bridgehead atoms. The van der Waals surface area contributed by atoms with Gasteiger partial charge in [0.2, 0.25) is 5.95 Å². The van der Waals surface area contributed by atoms with E-state index in [1.54, 1.807) is 26.0 Å². The molecule has 0 saturated heterocycles. The van der Waals surface area contributed by atoms with E-state index in [2.05, 4.69) is 9.97 Å². The van der Waals surface area contributed by atoms with E-state index >= 15 is 0 Å². The first-order valence-electron chi connectivity index (χ1n) is 5.98. The van der Waals surface area contributed by atoms with Crippen LogP contribution >= 0.6 is 0 Å². The lowest BCUT2D eigenvalue weighted by atomic mass is 10.2. The second kappa shape index (κ2) is 5.56. The number of carboxylic acid groups (broad SMARTS) is 1. The number of hydrogen-bond acceptors (Lipinski definition) is 5. The number of benzene rings is 1. The number of hydrogen-bond donors (Lipinski definition) is 1. The first kappa shape index (κ1) is 13.8. The van der Waals surface area contributed by atoms with Crippen LogP contribution < -0.4 is 9.64 Å². The van der Waals surface area contributed by atoms with Crippen LogP contribution in [0.2, 0.25) is 0 Å². The Labute approximate surface area is 116 Å². The normalized spacial score (nSPS) is 10.2. The molecule has 1 aromatic carbocycles. The van der Waals surface area contributed by atoms with Gasteiger partial charge in [0.1, 0.15) is 5.75 Å². The molecule has 1 aromatic heterocycles. The second-order valence-electron chi connectivity index (χ2n) is 4.21. The van der Waals surface area contributed by atoms with Crippen LogP contribution in [-0.2, 0) is 0 Å². The van der Waals surface area contributed by atoms with Gasteiger partial charge in [0.05, 0.1) is 24.1 Å². The maximum atomic E-state index is 11.0. The van der Waals surface area contributed by atoms with Crippen molar-refractivity contribution in [2.45, 2.75) is 6.92 Å². The highest BCUT2D eigenvalue weighted by molar-refractivity contribution is 5.88. The lowest BCUT2D eigenvalue weighted by molar-refractivity contribution is 0.0695. The largest absolute Gasteiger partial charge is 0.495 e. The lowest BCUT2D eigenvalue weighted by Gasteiger charge is -2.20. The predicted octanol–water partition coefficient (Wildman–Crippen LogP) is 2.26. The zero-order chi connectivity index (χ0) is 14.7. The highest BCUT2D eigenvalue weighted by Crippen LogP contribution is 2.30. The van der Waals surface area contributed by atoms with Gasteiger partial charge in [-0.25, -0.2) is 14.8 Å². The maximum Gasteiger partial charge on any atom is 0.339 e. The van der Waals surface area contributed by atoms with Crippen LogP contribution in [0.15, 0.2) is 30.5 Å². The van der Waals surface area contributed by atoms with Gasteiger partial charge in [-0.3, -0.25) is 0 Å². The third-order valence-electron chi connectivity index (χ3n) is 2.94. The van der Waals surface area contributed by atoms with Gasteiger partial charge >= 0.3 is 5.97 Å². The van der Waals surface area contributed by atoms with E-state index in [0.717, 1.165) is 5.69 Å². The SMILES string of the molecule is COc1ccccc1N(C)c1ncc(C(=O)O)c(C)n1. The summed E-state index contributed by atoms with van der Waals surface area (Å²) in [6.07, 6.45) is 1.31. The summed E-state index contributed by atoms with van der Waals surface area (Å²) in [5, 5.41) is 8.98. The van der Waals surface area contributed by atoms with Gasteiger partial charge in [-0.1, -0.05) is 12.1 Å². The number of carbonyl (C=O) groups is 1. The molecule has 104 valence electrons. The fourth-order valence-electron chi connectivity index (χ4n) is 1.84. The summed E-state index contributed by atoms with van der Waals surface area (Å²) in [7, 11) is 3.39. The molecule has 0 aliphatic carbocycles. The van der Waals surface area contributed by atoms with Crippen LogP contribution in [0.5, 0.6) is 5.75 Å². The minimum atomic E-state index is -1.03. The molecule has 0 saturated carbocycles. The van der Waals surface area contributed by atoms with Crippen molar-refractivity contribution in [1.29, 1.82) is 0 Å². The van der Waals surface area contributed by atoms with Gasteiger partial charge in [-0.15, -0.1) is 0 Å². The van der Waals surface area contributed by atoms with Crippen LogP contribution in [0.25, 0.3) is 0 Å². The average molecular weight is 273 g/mol. The monoisotopic (exact) mass is 273 g/mol. The number of aryl methyl sites for hydroxylation is 1. The van der Waals surface area contributed by atoms with E-state index in [9.17, 15) is 4.79 Å². The number of aromatic nitrogens is 2. The van der Waals surface area contributed by atoms with Crippen molar-refractivity contribution in [3.63, 3.8) is 0 Å². The van der Waals surface area contributed by atoms with Crippen molar-refractivity contribution in [2.75, 3.05) is 19.1 Å². The molecule has 0 aliphatic heterocycles. The molecule has 0 amide bonds. The van der Waals surface area contributed by atoms with Gasteiger partial charge in [0, 0.05) is 13.2 Å². The van der Waals surface area contributed by atoms with E-state index < -0.39 is 5.97 Å². The van der Waals surface area contributed by atoms with Crippen molar-refractivity contribution >= 4 is 17.6 Å². The quantitative estimate of drug-likeness (QED) is 0.920. The number of aromatic carboxylic acids is 1. The Morgan fingerprint density at radius 1 is 1.35 bits per heavy atom. The number of ether oxygens (including phenoxy) is 1. The molecule has 20 heavy (non-hydrogen) atoms. The van der Waals surface area contributed by atoms with Crippen LogP contribution in [-0.4, -0.2) is 35.2 Å². The zero-order valence-corrected chi connectivity index (χ0v) is 11.5. The van der Waals surface area contributed by atoms with Gasteiger partial charge in [-0.05, 0) is 19.1 Å². The third kappa shape index (κ3) is 2.54. The molecule has 0 atom stereocenters. The molecule has 0 aliphatic rings. The number of nitrogens with zero attached hydrogens (tertiary/aromatic N) is 3. The maximum absolute atomic E-state index is 11.0. The van der Waals surface area contributed by atoms with Crippen molar-refractivity contribution in [3.05, 3.63) is 41.7 Å². The number of para-hydroxylation sites is 2. The lowest BCUT2D eigenvalue weighted by Crippen LogP contribution is -2.16. The van der Waals surface area contributed by atoms with Crippen molar-refractivity contribution < 1.29 is 14.6 Å². The zero-order valence-electron chi connectivity index (χ0n) is 11.5. The van der Waals surface area contributed by atoms with Gasteiger partial charge in [0.15, 0.2) is 0 Å². The minimum Gasteiger partial charge on any atom is -0.495 e. The van der Waals surface area contributed by atoms with Crippen molar-refractivity contribution in [3.8, 4) is 5.75 Å². The Bertz CT molecular complexity index is 643. The Balaban J connectivity index is 2.41. The van der Waals surface area contributed by atoms with Crippen LogP contribution in [0.1, 0.15) is 16.1 Å². The second-order valence-corrected chi connectivity index (χ2v) is 4.21. The summed E-state index contributed by atoms with van der Waals surface area (Å²) in [6.45, 7) is 1.64. The number of anilines is 2. The third-order valence-corrected chi connectivity index (χ3v) is 2.94. The molecule has 1 heterocycles. The minimum absolute atomic E-state index is 0.0992. The summed E-state index contributed by atoms with van der Waals surface area (Å²) in [6, 6.07) is 7.47. The summed E-state index contributed by atoms with van der Waals surface area (Å²) in [4.78, 5) is 21.0. The molecular formula is C14H15N3O3. The summed E-state index contributed by atoms with van der Waals surface area (Å²) < 4.78 is 5.29. The standard InChI is InChI=1S/C14H15N3O3/c1-9-10(13(18)19)8-15-14(16-9)17(2)11-6-4-5-7-12(11)20-3/h4-8H,1-3H3,(H,18,19). The van der Waals surface area contributed by atoms with E-state index in [1.165, 1.54) is 6.20 Å². The molecule has 1 N–H and O–H groups in total. The van der Waals surface area contributed by atoms with E-state index in [4.69, 9.17) is 9.84 Å². The highest BCUT2D eigenvalue weighted by Gasteiger charge is 2.15. The average Bonchev–Trinajstić information content (AvgIpc) is 2.45. The first-order chi connectivity index (χ1) is 9.54. The molecule has 0 unspecified atom stereocenters. The van der Waals surface area contributed by atoms with Crippen LogP contribution in [0.3, 0.4) is 0 Å². The number of carboxylic acids is 1. The number of methoxy groups -OCH3 is 1. The molecule has 6 nitrogen and oxygen atoms in total. The molecule has 0 radical (unpaired) electrons. The van der Waals surface area contributed by atoms with Crippen molar-refractivity contribution in [2.24, 2.45) is 0 Å². The van der Waals surface area contributed by atoms with Crippen LogP contribution in [0.4, 0.5) is 11.6 Å². The molecule has 0 fully saturated rings. The highest BCUT2D eigenvalue weighted by atomic mass is 16.5. The molecule has 6 heteroatoms. The summed E-state index contributed by atoms with van der Waals surface area (Å²) in [5.41, 5.74) is 1.32. The molecule has 0 spiro atoms. The predicted molar refractivity (Wildman–Crippen MR) is 74.8 cm³/mol. The Hall–Kier alpha value is -2.63. The van der Waals surface area contributed by atoms with Gasteiger partial charge in [0.25, 0.3) is 0 Å². The fraction of sp³-hybridized carbons (Fsp3) is 0.214. The topological polar surface area (TPSA) is 75.5 Å².